The zero-order valence-electron chi connectivity index (χ0n) is 7.76. The molecule has 1 aliphatic heterocycles. The maximum absolute atomic E-state index is 8.68. The van der Waals surface area contributed by atoms with E-state index in [1.165, 1.54) is 0 Å². The molecule has 0 unspecified atom stereocenters. The summed E-state index contributed by atoms with van der Waals surface area (Å²) >= 11 is 0. The van der Waals surface area contributed by atoms with Gasteiger partial charge in [0.1, 0.15) is 6.07 Å². The lowest BCUT2D eigenvalue weighted by Crippen LogP contribution is -2.19. The Labute approximate surface area is 77.4 Å². The quantitative estimate of drug-likeness (QED) is 0.649. The largest absolute Gasteiger partial charge is 0.383 e. The molecule has 1 aromatic rings. The Morgan fingerprint density at radius 1 is 1.62 bits per heavy atom. The van der Waals surface area contributed by atoms with Gasteiger partial charge in [0.25, 0.3) is 0 Å². The monoisotopic (exact) mass is 173 g/mol. The molecule has 2 heterocycles. The second-order valence-electron chi connectivity index (χ2n) is 3.97. The first-order chi connectivity index (χ1) is 6.13. The van der Waals surface area contributed by atoms with Crippen molar-refractivity contribution in [1.29, 1.82) is 5.26 Å². The molecule has 0 fully saturated rings. The first kappa shape index (κ1) is 8.06. The van der Waals surface area contributed by atoms with Crippen molar-refractivity contribution in [2.75, 3.05) is 11.9 Å². The van der Waals surface area contributed by atoms with Gasteiger partial charge in [0, 0.05) is 18.2 Å². The minimum atomic E-state index is 0.0866. The maximum atomic E-state index is 8.68. The fourth-order valence-corrected chi connectivity index (χ4v) is 1.60. The molecule has 0 radical (unpaired) electrons. The molecule has 0 spiro atoms. The highest BCUT2D eigenvalue weighted by Crippen LogP contribution is 2.34. The summed E-state index contributed by atoms with van der Waals surface area (Å²) in [4.78, 5) is 4.30. The molecule has 0 aliphatic carbocycles. The van der Waals surface area contributed by atoms with E-state index in [0.29, 0.717) is 5.56 Å². The van der Waals surface area contributed by atoms with Crippen LogP contribution in [0.2, 0.25) is 0 Å². The number of nitrogens with one attached hydrogen (secondary N) is 1. The fraction of sp³-hybridized carbons (Fsp3) is 0.400. The highest BCUT2D eigenvalue weighted by Gasteiger charge is 2.31. The summed E-state index contributed by atoms with van der Waals surface area (Å²) in [5.74, 6) is 0. The normalized spacial score (nSPS) is 17.3. The minimum Gasteiger partial charge on any atom is -0.383 e. The Morgan fingerprint density at radius 3 is 3.08 bits per heavy atom. The van der Waals surface area contributed by atoms with Crippen LogP contribution in [0.15, 0.2) is 12.3 Å². The van der Waals surface area contributed by atoms with E-state index in [1.54, 1.807) is 6.20 Å². The van der Waals surface area contributed by atoms with E-state index in [9.17, 15) is 0 Å². The molecule has 13 heavy (non-hydrogen) atoms. The number of nitrogens with zero attached hydrogens (tertiary/aromatic N) is 2. The van der Waals surface area contributed by atoms with Gasteiger partial charge in [-0.2, -0.15) is 5.26 Å². The van der Waals surface area contributed by atoms with Gasteiger partial charge in [-0.25, -0.2) is 0 Å². The highest BCUT2D eigenvalue weighted by atomic mass is 15.0. The van der Waals surface area contributed by atoms with Gasteiger partial charge in [-0.1, -0.05) is 13.8 Å². The Morgan fingerprint density at radius 2 is 2.38 bits per heavy atom. The lowest BCUT2D eigenvalue weighted by atomic mass is 9.91. The predicted molar refractivity (Wildman–Crippen MR) is 50.5 cm³/mol. The third-order valence-electron chi connectivity index (χ3n) is 2.38. The molecule has 0 atom stereocenters. The van der Waals surface area contributed by atoms with Crippen LogP contribution in [0.25, 0.3) is 0 Å². The van der Waals surface area contributed by atoms with Crippen LogP contribution in [0.1, 0.15) is 25.1 Å². The van der Waals surface area contributed by atoms with Gasteiger partial charge in [-0.05, 0) is 6.07 Å². The lowest BCUT2D eigenvalue weighted by Gasteiger charge is -2.14. The maximum Gasteiger partial charge on any atom is 0.101 e. The summed E-state index contributed by atoms with van der Waals surface area (Å²) in [6.07, 6.45) is 1.63. The molecule has 66 valence electrons. The molecule has 0 bridgehead atoms. The van der Waals surface area contributed by atoms with E-state index in [4.69, 9.17) is 5.26 Å². The van der Waals surface area contributed by atoms with Gasteiger partial charge in [0.2, 0.25) is 0 Å². The second-order valence-corrected chi connectivity index (χ2v) is 3.97. The van der Waals surface area contributed by atoms with Crippen molar-refractivity contribution in [1.82, 2.24) is 4.98 Å². The van der Waals surface area contributed by atoms with Gasteiger partial charge in [-0.3, -0.25) is 4.98 Å². The summed E-state index contributed by atoms with van der Waals surface area (Å²) < 4.78 is 0. The Hall–Kier alpha value is -1.56. The number of fused-ring (bicyclic) bond motifs is 1. The van der Waals surface area contributed by atoms with Crippen molar-refractivity contribution >= 4 is 5.69 Å². The summed E-state index contributed by atoms with van der Waals surface area (Å²) in [5, 5.41) is 11.9. The van der Waals surface area contributed by atoms with Crippen LogP contribution in [-0.4, -0.2) is 11.5 Å². The third-order valence-corrected chi connectivity index (χ3v) is 2.38. The van der Waals surface area contributed by atoms with Crippen LogP contribution in [-0.2, 0) is 5.41 Å². The molecule has 2 rings (SSSR count). The van der Waals surface area contributed by atoms with E-state index in [0.717, 1.165) is 17.9 Å². The molecule has 3 nitrogen and oxygen atoms in total. The van der Waals surface area contributed by atoms with Crippen molar-refractivity contribution in [2.24, 2.45) is 0 Å². The highest BCUT2D eigenvalue weighted by molar-refractivity contribution is 5.59. The average Bonchev–Trinajstić information content (AvgIpc) is 2.42. The Balaban J connectivity index is 2.54. The van der Waals surface area contributed by atoms with Crippen LogP contribution in [0.3, 0.4) is 0 Å². The summed E-state index contributed by atoms with van der Waals surface area (Å²) in [6.45, 7) is 5.18. The molecule has 3 heteroatoms. The molecular formula is C10H11N3. The number of rotatable bonds is 0. The zero-order chi connectivity index (χ0) is 9.47. The first-order valence-electron chi connectivity index (χ1n) is 4.28. The number of anilines is 1. The van der Waals surface area contributed by atoms with Crippen LogP contribution >= 0.6 is 0 Å². The van der Waals surface area contributed by atoms with Gasteiger partial charge >= 0.3 is 0 Å². The van der Waals surface area contributed by atoms with Crippen molar-refractivity contribution in [3.63, 3.8) is 0 Å². The van der Waals surface area contributed by atoms with Crippen molar-refractivity contribution in [3.8, 4) is 6.07 Å². The SMILES string of the molecule is CC1(C)CNc2cc(C#N)cnc21. The fourth-order valence-electron chi connectivity index (χ4n) is 1.60. The summed E-state index contributed by atoms with van der Waals surface area (Å²) in [5.41, 5.74) is 2.77. The van der Waals surface area contributed by atoms with Crippen LogP contribution in [0, 0.1) is 11.3 Å². The van der Waals surface area contributed by atoms with Crippen molar-refractivity contribution in [3.05, 3.63) is 23.5 Å². The Bertz CT molecular complexity index is 388. The van der Waals surface area contributed by atoms with E-state index in [-0.39, 0.29) is 5.41 Å². The standard InChI is InChI=1S/C10H11N3/c1-10(2)6-13-8-3-7(4-11)5-12-9(8)10/h3,5,13H,6H2,1-2H3. The molecule has 1 aliphatic rings. The van der Waals surface area contributed by atoms with Crippen LogP contribution < -0.4 is 5.32 Å². The molecule has 0 saturated carbocycles. The van der Waals surface area contributed by atoms with E-state index in [2.05, 4.69) is 30.2 Å². The number of hydrogen-bond acceptors (Lipinski definition) is 3. The second kappa shape index (κ2) is 2.46. The molecule has 1 aromatic heterocycles. The third kappa shape index (κ3) is 1.15. The van der Waals surface area contributed by atoms with E-state index >= 15 is 0 Å². The zero-order valence-corrected chi connectivity index (χ0v) is 7.76. The minimum absolute atomic E-state index is 0.0866. The molecule has 0 amide bonds. The van der Waals surface area contributed by atoms with Gasteiger partial charge in [-0.15, -0.1) is 0 Å². The number of nitriles is 1. The van der Waals surface area contributed by atoms with Crippen LogP contribution in [0.4, 0.5) is 5.69 Å². The number of pyridine rings is 1. The molecule has 0 saturated heterocycles. The van der Waals surface area contributed by atoms with Crippen LogP contribution in [0.5, 0.6) is 0 Å². The smallest absolute Gasteiger partial charge is 0.101 e. The average molecular weight is 173 g/mol. The van der Waals surface area contributed by atoms with Gasteiger partial charge < -0.3 is 5.32 Å². The van der Waals surface area contributed by atoms with Gasteiger partial charge in [0.15, 0.2) is 0 Å². The summed E-state index contributed by atoms with van der Waals surface area (Å²) in [6, 6.07) is 3.94. The molecule has 1 N–H and O–H groups in total. The molecule has 0 aromatic carbocycles. The summed E-state index contributed by atoms with van der Waals surface area (Å²) in [7, 11) is 0. The number of hydrogen-bond donors (Lipinski definition) is 1. The van der Waals surface area contributed by atoms with Crippen molar-refractivity contribution < 1.29 is 0 Å². The first-order valence-corrected chi connectivity index (χ1v) is 4.28. The number of aromatic nitrogens is 1. The van der Waals surface area contributed by atoms with E-state index < -0.39 is 0 Å². The van der Waals surface area contributed by atoms with Crippen molar-refractivity contribution in [2.45, 2.75) is 19.3 Å². The van der Waals surface area contributed by atoms with Gasteiger partial charge in [0.05, 0.1) is 16.9 Å². The van der Waals surface area contributed by atoms with E-state index in [1.807, 2.05) is 6.07 Å². The lowest BCUT2D eigenvalue weighted by molar-refractivity contribution is 0.568. The Kier molecular flexibility index (Phi) is 1.53. The topological polar surface area (TPSA) is 48.7 Å². The molecular weight excluding hydrogens is 162 g/mol. The predicted octanol–water partition coefficient (Wildman–Crippen LogP) is 1.66.